The third-order valence-electron chi connectivity index (χ3n) is 4.13. The summed E-state index contributed by atoms with van der Waals surface area (Å²) in [6.07, 6.45) is 4.00. The maximum atomic E-state index is 12.5. The number of rotatable bonds is 2. The van der Waals surface area contributed by atoms with Crippen molar-refractivity contribution in [3.05, 3.63) is 0 Å². The minimum Gasteiger partial charge on any atom is -0.480 e. The molecule has 1 amide bonds. The summed E-state index contributed by atoms with van der Waals surface area (Å²) in [5, 5.41) is 9.39. The maximum Gasteiger partial charge on any atom is 0.329 e. The van der Waals surface area contributed by atoms with Crippen molar-refractivity contribution in [2.45, 2.75) is 44.6 Å². The van der Waals surface area contributed by atoms with Crippen molar-refractivity contribution in [2.75, 3.05) is 19.8 Å². The summed E-state index contributed by atoms with van der Waals surface area (Å²) in [6.45, 7) is 3.36. The monoisotopic (exact) mass is 255 g/mol. The predicted molar refractivity (Wildman–Crippen MR) is 65.1 cm³/mol. The molecule has 2 saturated heterocycles. The van der Waals surface area contributed by atoms with Crippen LogP contribution in [0.15, 0.2) is 0 Å². The second-order valence-corrected chi connectivity index (χ2v) is 5.44. The second-order valence-electron chi connectivity index (χ2n) is 5.44. The number of carbonyl (C=O) groups excluding carboxylic acids is 1. The standard InChI is InChI=1S/C13H21NO4/c1-13(12(16)17)6-2-3-7-14(13)11(15)10-5-4-8-18-9-10/h10H,2-9H2,1H3,(H,16,17). The van der Waals surface area contributed by atoms with Crippen molar-refractivity contribution in [1.82, 2.24) is 4.90 Å². The molecule has 2 rings (SSSR count). The zero-order chi connectivity index (χ0) is 13.2. The summed E-state index contributed by atoms with van der Waals surface area (Å²) in [5.41, 5.74) is -1.03. The minimum atomic E-state index is -1.03. The van der Waals surface area contributed by atoms with Crippen LogP contribution in [0.5, 0.6) is 0 Å². The predicted octanol–water partition coefficient (Wildman–Crippen LogP) is 1.27. The highest BCUT2D eigenvalue weighted by Crippen LogP contribution is 2.31. The molecular weight excluding hydrogens is 234 g/mol. The average Bonchev–Trinajstić information content (AvgIpc) is 2.39. The molecule has 0 saturated carbocycles. The quantitative estimate of drug-likeness (QED) is 0.807. The van der Waals surface area contributed by atoms with Crippen LogP contribution >= 0.6 is 0 Å². The Kier molecular flexibility index (Phi) is 3.90. The number of nitrogens with zero attached hydrogens (tertiary/aromatic N) is 1. The molecule has 0 aromatic rings. The summed E-state index contributed by atoms with van der Waals surface area (Å²) < 4.78 is 5.33. The Hall–Kier alpha value is -1.10. The number of carbonyl (C=O) groups is 2. The maximum absolute atomic E-state index is 12.5. The molecule has 2 aliphatic heterocycles. The summed E-state index contributed by atoms with van der Waals surface area (Å²) in [6, 6.07) is 0. The molecule has 5 nitrogen and oxygen atoms in total. The van der Waals surface area contributed by atoms with Crippen molar-refractivity contribution >= 4 is 11.9 Å². The zero-order valence-electron chi connectivity index (χ0n) is 10.9. The lowest BCUT2D eigenvalue weighted by atomic mass is 9.86. The number of amides is 1. The molecule has 0 radical (unpaired) electrons. The van der Waals surface area contributed by atoms with Gasteiger partial charge in [-0.15, -0.1) is 0 Å². The highest BCUT2D eigenvalue weighted by molar-refractivity contribution is 5.88. The first-order valence-corrected chi connectivity index (χ1v) is 6.68. The lowest BCUT2D eigenvalue weighted by molar-refractivity contribution is -0.164. The lowest BCUT2D eigenvalue weighted by Crippen LogP contribution is -2.59. The first kappa shape index (κ1) is 13.3. The van der Waals surface area contributed by atoms with E-state index < -0.39 is 11.5 Å². The van der Waals surface area contributed by atoms with Crippen LogP contribution in [0.3, 0.4) is 0 Å². The summed E-state index contributed by atoms with van der Waals surface area (Å²) in [4.78, 5) is 25.5. The highest BCUT2D eigenvalue weighted by Gasteiger charge is 2.45. The molecule has 2 aliphatic rings. The van der Waals surface area contributed by atoms with E-state index in [1.807, 2.05) is 0 Å². The van der Waals surface area contributed by atoms with Crippen molar-refractivity contribution < 1.29 is 19.4 Å². The van der Waals surface area contributed by atoms with Crippen LogP contribution in [-0.2, 0) is 14.3 Å². The molecule has 0 bridgehead atoms. The third kappa shape index (κ3) is 2.36. The van der Waals surface area contributed by atoms with Gasteiger partial charge in [0.25, 0.3) is 0 Å². The Bertz CT molecular complexity index is 338. The molecule has 2 unspecified atom stereocenters. The molecule has 2 atom stereocenters. The van der Waals surface area contributed by atoms with Crippen molar-refractivity contribution in [3.63, 3.8) is 0 Å². The zero-order valence-corrected chi connectivity index (χ0v) is 10.9. The second kappa shape index (κ2) is 5.26. The third-order valence-corrected chi connectivity index (χ3v) is 4.13. The van der Waals surface area contributed by atoms with Gasteiger partial charge < -0.3 is 14.7 Å². The summed E-state index contributed by atoms with van der Waals surface area (Å²) in [7, 11) is 0. The summed E-state index contributed by atoms with van der Waals surface area (Å²) in [5.74, 6) is -1.10. The minimum absolute atomic E-state index is 0.0423. The molecule has 18 heavy (non-hydrogen) atoms. The lowest BCUT2D eigenvalue weighted by Gasteiger charge is -2.43. The Morgan fingerprint density at radius 2 is 2.11 bits per heavy atom. The molecule has 0 aliphatic carbocycles. The molecule has 2 fully saturated rings. The van der Waals surface area contributed by atoms with Crippen LogP contribution in [0.25, 0.3) is 0 Å². The summed E-state index contributed by atoms with van der Waals surface area (Å²) >= 11 is 0. The van der Waals surface area contributed by atoms with E-state index in [4.69, 9.17) is 4.74 Å². The smallest absolute Gasteiger partial charge is 0.329 e. The van der Waals surface area contributed by atoms with Gasteiger partial charge in [0.05, 0.1) is 12.5 Å². The van der Waals surface area contributed by atoms with Gasteiger partial charge in [-0.25, -0.2) is 4.79 Å². The van der Waals surface area contributed by atoms with Crippen LogP contribution in [0.4, 0.5) is 0 Å². The molecule has 0 aromatic heterocycles. The van der Waals surface area contributed by atoms with E-state index >= 15 is 0 Å². The fraction of sp³-hybridized carbons (Fsp3) is 0.846. The van der Waals surface area contributed by atoms with E-state index in [2.05, 4.69) is 0 Å². The normalized spacial score (nSPS) is 33.2. The van der Waals surface area contributed by atoms with Gasteiger partial charge in [-0.2, -0.15) is 0 Å². The van der Waals surface area contributed by atoms with E-state index in [0.29, 0.717) is 26.2 Å². The van der Waals surface area contributed by atoms with Gasteiger partial charge in [0.2, 0.25) is 5.91 Å². The Morgan fingerprint density at radius 1 is 1.33 bits per heavy atom. The van der Waals surface area contributed by atoms with Crippen LogP contribution in [0, 0.1) is 5.92 Å². The molecule has 0 spiro atoms. The number of hydrogen-bond acceptors (Lipinski definition) is 3. The fourth-order valence-corrected chi connectivity index (χ4v) is 2.85. The molecule has 102 valence electrons. The molecular formula is C13H21NO4. The van der Waals surface area contributed by atoms with E-state index in [1.54, 1.807) is 11.8 Å². The van der Waals surface area contributed by atoms with Crippen molar-refractivity contribution in [3.8, 4) is 0 Å². The van der Waals surface area contributed by atoms with Crippen LogP contribution in [0.2, 0.25) is 0 Å². The van der Waals surface area contributed by atoms with Gasteiger partial charge in [-0.1, -0.05) is 0 Å². The van der Waals surface area contributed by atoms with Gasteiger partial charge in [0.1, 0.15) is 5.54 Å². The van der Waals surface area contributed by atoms with E-state index in [9.17, 15) is 14.7 Å². The average molecular weight is 255 g/mol. The van der Waals surface area contributed by atoms with E-state index in [0.717, 1.165) is 25.7 Å². The number of hydrogen-bond donors (Lipinski definition) is 1. The fourth-order valence-electron chi connectivity index (χ4n) is 2.85. The largest absolute Gasteiger partial charge is 0.480 e. The molecule has 2 heterocycles. The van der Waals surface area contributed by atoms with Gasteiger partial charge in [-0.3, -0.25) is 4.79 Å². The number of ether oxygens (including phenoxy) is 1. The number of likely N-dealkylation sites (tertiary alicyclic amines) is 1. The van der Waals surface area contributed by atoms with Gasteiger partial charge in [0.15, 0.2) is 0 Å². The topological polar surface area (TPSA) is 66.8 Å². The van der Waals surface area contributed by atoms with Crippen molar-refractivity contribution in [1.29, 1.82) is 0 Å². The highest BCUT2D eigenvalue weighted by atomic mass is 16.5. The van der Waals surface area contributed by atoms with Crippen LogP contribution in [0.1, 0.15) is 39.0 Å². The number of aliphatic carboxylic acids is 1. The van der Waals surface area contributed by atoms with Gasteiger partial charge in [0, 0.05) is 13.2 Å². The molecule has 0 aromatic carbocycles. The first-order chi connectivity index (χ1) is 8.55. The van der Waals surface area contributed by atoms with Crippen LogP contribution < -0.4 is 0 Å². The molecule has 1 N–H and O–H groups in total. The number of carboxylic acids is 1. The Morgan fingerprint density at radius 3 is 2.72 bits per heavy atom. The Labute approximate surface area is 107 Å². The number of piperidine rings is 1. The van der Waals surface area contributed by atoms with Gasteiger partial charge >= 0.3 is 5.97 Å². The first-order valence-electron chi connectivity index (χ1n) is 6.68. The van der Waals surface area contributed by atoms with Crippen LogP contribution in [-0.4, -0.2) is 47.2 Å². The Balaban J connectivity index is 2.13. The van der Waals surface area contributed by atoms with Crippen molar-refractivity contribution in [2.24, 2.45) is 5.92 Å². The molecule has 5 heteroatoms. The SMILES string of the molecule is CC1(C(=O)O)CCCCN1C(=O)C1CCCOC1. The van der Waals surface area contributed by atoms with E-state index in [-0.39, 0.29) is 11.8 Å². The van der Waals surface area contributed by atoms with Gasteiger partial charge in [-0.05, 0) is 39.0 Å². The van der Waals surface area contributed by atoms with E-state index in [1.165, 1.54) is 0 Å². The number of carboxylic acid groups (broad SMARTS) is 1.